The Morgan fingerprint density at radius 1 is 1.61 bits per heavy atom. The number of nitrogens with two attached hydrogens (primary N) is 1. The highest BCUT2D eigenvalue weighted by atomic mass is 16.5. The van der Waals surface area contributed by atoms with Crippen LogP contribution in [0.25, 0.3) is 0 Å². The third-order valence-corrected chi connectivity index (χ3v) is 3.52. The van der Waals surface area contributed by atoms with E-state index in [0.717, 1.165) is 37.1 Å². The van der Waals surface area contributed by atoms with Crippen LogP contribution in [0.5, 0.6) is 0 Å². The van der Waals surface area contributed by atoms with Crippen LogP contribution in [0.2, 0.25) is 0 Å². The molecular weight excluding hydrogens is 230 g/mol. The fourth-order valence-electron chi connectivity index (χ4n) is 2.58. The molecule has 0 aliphatic heterocycles. The molecule has 2 atom stereocenters. The first kappa shape index (κ1) is 13.1. The van der Waals surface area contributed by atoms with E-state index in [9.17, 15) is 4.79 Å². The van der Waals surface area contributed by atoms with Crippen molar-refractivity contribution in [3.63, 3.8) is 0 Å². The number of amides is 1. The second-order valence-electron chi connectivity index (χ2n) is 5.25. The molecule has 1 saturated carbocycles. The first-order valence-corrected chi connectivity index (χ1v) is 6.49. The van der Waals surface area contributed by atoms with Gasteiger partial charge in [-0.05, 0) is 26.2 Å². The summed E-state index contributed by atoms with van der Waals surface area (Å²) in [7, 11) is 1.81. The van der Waals surface area contributed by atoms with E-state index in [-0.39, 0.29) is 17.9 Å². The van der Waals surface area contributed by atoms with Crippen LogP contribution in [-0.4, -0.2) is 29.1 Å². The molecule has 2 unspecified atom stereocenters. The average Bonchev–Trinajstić information content (AvgIpc) is 2.73. The van der Waals surface area contributed by atoms with Crippen molar-refractivity contribution in [3.8, 4) is 0 Å². The van der Waals surface area contributed by atoms with Gasteiger partial charge in [0, 0.05) is 25.1 Å². The van der Waals surface area contributed by atoms with Gasteiger partial charge in [-0.15, -0.1) is 0 Å². The van der Waals surface area contributed by atoms with Crippen LogP contribution >= 0.6 is 0 Å². The second kappa shape index (κ2) is 5.52. The SMILES string of the molecule is Cc1cc(CN(C)C(=O)C2CCCC(N)C2)no1. The van der Waals surface area contributed by atoms with Gasteiger partial charge in [-0.2, -0.15) is 0 Å². The molecule has 5 heteroatoms. The largest absolute Gasteiger partial charge is 0.361 e. The van der Waals surface area contributed by atoms with E-state index in [1.165, 1.54) is 0 Å². The minimum Gasteiger partial charge on any atom is -0.361 e. The molecule has 100 valence electrons. The Bertz CT molecular complexity index is 416. The Hall–Kier alpha value is -1.36. The first-order chi connectivity index (χ1) is 8.56. The maximum atomic E-state index is 12.3. The molecule has 0 bridgehead atoms. The van der Waals surface area contributed by atoms with Crippen molar-refractivity contribution in [3.05, 3.63) is 17.5 Å². The predicted octanol–water partition coefficient (Wildman–Crippen LogP) is 1.46. The lowest BCUT2D eigenvalue weighted by Gasteiger charge is -2.29. The van der Waals surface area contributed by atoms with Crippen molar-refractivity contribution < 1.29 is 9.32 Å². The van der Waals surface area contributed by atoms with Gasteiger partial charge in [-0.25, -0.2) is 0 Å². The quantitative estimate of drug-likeness (QED) is 0.882. The summed E-state index contributed by atoms with van der Waals surface area (Å²) in [4.78, 5) is 14.0. The maximum absolute atomic E-state index is 12.3. The van der Waals surface area contributed by atoms with Gasteiger partial charge in [0.1, 0.15) is 11.5 Å². The first-order valence-electron chi connectivity index (χ1n) is 6.49. The minimum absolute atomic E-state index is 0.0757. The fraction of sp³-hybridized carbons (Fsp3) is 0.692. The van der Waals surface area contributed by atoms with E-state index >= 15 is 0 Å². The van der Waals surface area contributed by atoms with Gasteiger partial charge in [0.15, 0.2) is 0 Å². The highest BCUT2D eigenvalue weighted by Crippen LogP contribution is 2.25. The van der Waals surface area contributed by atoms with Gasteiger partial charge in [0.25, 0.3) is 0 Å². The van der Waals surface area contributed by atoms with Crippen molar-refractivity contribution in [1.82, 2.24) is 10.1 Å². The highest BCUT2D eigenvalue weighted by Gasteiger charge is 2.27. The Labute approximate surface area is 107 Å². The summed E-state index contributed by atoms with van der Waals surface area (Å²) in [5.41, 5.74) is 6.72. The summed E-state index contributed by atoms with van der Waals surface area (Å²) in [5.74, 6) is 1.02. The van der Waals surface area contributed by atoms with Crippen LogP contribution < -0.4 is 5.73 Å². The van der Waals surface area contributed by atoms with Gasteiger partial charge in [-0.3, -0.25) is 4.79 Å². The van der Waals surface area contributed by atoms with Gasteiger partial charge < -0.3 is 15.2 Å². The maximum Gasteiger partial charge on any atom is 0.225 e. The molecule has 1 aromatic rings. The standard InChI is InChI=1S/C13H21N3O2/c1-9-6-12(15-18-9)8-16(2)13(17)10-4-3-5-11(14)7-10/h6,10-11H,3-5,7-8,14H2,1-2H3. The molecule has 1 amide bonds. The molecular formula is C13H21N3O2. The topological polar surface area (TPSA) is 72.4 Å². The number of hydrogen-bond acceptors (Lipinski definition) is 4. The van der Waals surface area contributed by atoms with Crippen molar-refractivity contribution in [1.29, 1.82) is 0 Å². The molecule has 1 aliphatic carbocycles. The lowest BCUT2D eigenvalue weighted by molar-refractivity contribution is -0.136. The summed E-state index contributed by atoms with van der Waals surface area (Å²) in [5, 5.41) is 3.90. The van der Waals surface area contributed by atoms with Crippen molar-refractivity contribution in [2.75, 3.05) is 7.05 Å². The number of carbonyl (C=O) groups excluding carboxylic acids is 1. The molecule has 1 fully saturated rings. The van der Waals surface area contributed by atoms with Crippen LogP contribution in [0.3, 0.4) is 0 Å². The summed E-state index contributed by atoms with van der Waals surface area (Å²) >= 11 is 0. The molecule has 5 nitrogen and oxygen atoms in total. The summed E-state index contributed by atoms with van der Waals surface area (Å²) in [6, 6.07) is 2.03. The fourth-order valence-corrected chi connectivity index (χ4v) is 2.58. The van der Waals surface area contributed by atoms with Crippen molar-refractivity contribution in [2.45, 2.75) is 45.2 Å². The Kier molecular flexibility index (Phi) is 4.01. The van der Waals surface area contributed by atoms with Crippen LogP contribution in [0.1, 0.15) is 37.1 Å². The smallest absolute Gasteiger partial charge is 0.225 e. The third-order valence-electron chi connectivity index (χ3n) is 3.52. The normalized spacial score (nSPS) is 23.9. The minimum atomic E-state index is 0.0757. The zero-order valence-electron chi connectivity index (χ0n) is 11.1. The summed E-state index contributed by atoms with van der Waals surface area (Å²) in [6.45, 7) is 2.35. The van der Waals surface area contributed by atoms with Gasteiger partial charge in [0.05, 0.1) is 6.54 Å². The van der Waals surface area contributed by atoms with E-state index in [2.05, 4.69) is 5.16 Å². The molecule has 2 N–H and O–H groups in total. The number of hydrogen-bond donors (Lipinski definition) is 1. The summed E-state index contributed by atoms with van der Waals surface area (Å²) in [6.07, 6.45) is 3.85. The Morgan fingerprint density at radius 3 is 3.00 bits per heavy atom. The lowest BCUT2D eigenvalue weighted by atomic mass is 9.85. The lowest BCUT2D eigenvalue weighted by Crippen LogP contribution is -2.38. The number of aryl methyl sites for hydroxylation is 1. The Morgan fingerprint density at radius 2 is 2.39 bits per heavy atom. The number of carbonyl (C=O) groups is 1. The molecule has 0 spiro atoms. The molecule has 0 aromatic carbocycles. The zero-order valence-corrected chi connectivity index (χ0v) is 11.1. The molecule has 1 aromatic heterocycles. The number of rotatable bonds is 3. The van der Waals surface area contributed by atoms with Gasteiger partial charge in [-0.1, -0.05) is 11.6 Å². The molecule has 2 rings (SSSR count). The molecule has 0 saturated heterocycles. The number of aromatic nitrogens is 1. The van der Waals surface area contributed by atoms with Crippen LogP contribution in [-0.2, 0) is 11.3 Å². The monoisotopic (exact) mass is 251 g/mol. The molecule has 1 heterocycles. The molecule has 0 radical (unpaired) electrons. The van der Waals surface area contributed by atoms with Gasteiger partial charge >= 0.3 is 0 Å². The van der Waals surface area contributed by atoms with Crippen molar-refractivity contribution in [2.24, 2.45) is 11.7 Å². The molecule has 1 aliphatic rings. The van der Waals surface area contributed by atoms with Crippen molar-refractivity contribution >= 4 is 5.91 Å². The van der Waals surface area contributed by atoms with Gasteiger partial charge in [0.2, 0.25) is 5.91 Å². The van der Waals surface area contributed by atoms with E-state index in [1.807, 2.05) is 20.0 Å². The molecule has 18 heavy (non-hydrogen) atoms. The van der Waals surface area contributed by atoms with E-state index < -0.39 is 0 Å². The predicted molar refractivity (Wildman–Crippen MR) is 67.6 cm³/mol. The van der Waals surface area contributed by atoms with E-state index in [4.69, 9.17) is 10.3 Å². The van der Waals surface area contributed by atoms with Crippen LogP contribution in [0.15, 0.2) is 10.6 Å². The van der Waals surface area contributed by atoms with Crippen LogP contribution in [0.4, 0.5) is 0 Å². The Balaban J connectivity index is 1.91. The zero-order chi connectivity index (χ0) is 13.1. The average molecular weight is 251 g/mol. The highest BCUT2D eigenvalue weighted by molar-refractivity contribution is 5.78. The van der Waals surface area contributed by atoms with E-state index in [0.29, 0.717) is 6.54 Å². The van der Waals surface area contributed by atoms with E-state index in [1.54, 1.807) is 4.90 Å². The number of nitrogens with zero attached hydrogens (tertiary/aromatic N) is 2. The third kappa shape index (κ3) is 3.10. The second-order valence-corrected chi connectivity index (χ2v) is 5.25. The van der Waals surface area contributed by atoms with Crippen LogP contribution in [0, 0.1) is 12.8 Å². The summed E-state index contributed by atoms with van der Waals surface area (Å²) < 4.78 is 5.00.